The second kappa shape index (κ2) is 4.26. The van der Waals surface area contributed by atoms with Gasteiger partial charge in [0.1, 0.15) is 5.82 Å². The fourth-order valence-corrected chi connectivity index (χ4v) is 1.99. The van der Waals surface area contributed by atoms with Crippen molar-refractivity contribution in [1.29, 1.82) is 0 Å². The molecule has 1 fully saturated rings. The van der Waals surface area contributed by atoms with Crippen molar-refractivity contribution >= 4 is 0 Å². The number of nitrogens with one attached hydrogen (secondary N) is 2. The quantitative estimate of drug-likeness (QED) is 0.681. The molecule has 0 bridgehead atoms. The van der Waals surface area contributed by atoms with Crippen molar-refractivity contribution in [1.82, 2.24) is 10.9 Å². The van der Waals surface area contributed by atoms with Crippen LogP contribution in [0.25, 0.3) is 0 Å². The van der Waals surface area contributed by atoms with E-state index in [1.165, 1.54) is 12.1 Å². The largest absolute Gasteiger partial charge is 0.396 e. The van der Waals surface area contributed by atoms with Crippen LogP contribution in [0.4, 0.5) is 4.39 Å². The lowest BCUT2D eigenvalue weighted by Crippen LogP contribution is -2.29. The highest BCUT2D eigenvalue weighted by Crippen LogP contribution is 2.28. The third-order valence-electron chi connectivity index (χ3n) is 2.98. The van der Waals surface area contributed by atoms with Gasteiger partial charge >= 0.3 is 0 Å². The SMILES string of the molecule is CC1NNC(c2ccc(F)cc2)C1CO. The van der Waals surface area contributed by atoms with Crippen molar-refractivity contribution in [3.05, 3.63) is 35.6 Å². The Morgan fingerprint density at radius 1 is 1.27 bits per heavy atom. The van der Waals surface area contributed by atoms with Gasteiger partial charge in [-0.3, -0.25) is 5.43 Å². The molecule has 82 valence electrons. The maximum atomic E-state index is 12.7. The highest BCUT2D eigenvalue weighted by molar-refractivity contribution is 5.22. The third kappa shape index (κ3) is 2.02. The van der Waals surface area contributed by atoms with Crippen LogP contribution in [-0.2, 0) is 0 Å². The van der Waals surface area contributed by atoms with Gasteiger partial charge in [0.05, 0.1) is 6.04 Å². The van der Waals surface area contributed by atoms with Crippen LogP contribution >= 0.6 is 0 Å². The zero-order chi connectivity index (χ0) is 10.8. The van der Waals surface area contributed by atoms with Gasteiger partial charge in [0.15, 0.2) is 0 Å². The molecule has 1 aromatic carbocycles. The number of hydrazine groups is 1. The zero-order valence-corrected chi connectivity index (χ0v) is 8.57. The number of halogens is 1. The molecule has 0 amide bonds. The summed E-state index contributed by atoms with van der Waals surface area (Å²) in [5.41, 5.74) is 7.18. The molecule has 0 saturated carbocycles. The van der Waals surface area contributed by atoms with E-state index >= 15 is 0 Å². The predicted octanol–water partition coefficient (Wildman–Crippen LogP) is 0.972. The van der Waals surface area contributed by atoms with Crippen molar-refractivity contribution in [3.8, 4) is 0 Å². The lowest BCUT2D eigenvalue weighted by Gasteiger charge is -2.18. The molecule has 1 saturated heterocycles. The van der Waals surface area contributed by atoms with Gasteiger partial charge in [-0.2, -0.15) is 0 Å². The molecule has 1 heterocycles. The van der Waals surface area contributed by atoms with Crippen molar-refractivity contribution < 1.29 is 9.50 Å². The molecule has 3 atom stereocenters. The van der Waals surface area contributed by atoms with Gasteiger partial charge in [0.2, 0.25) is 0 Å². The fourth-order valence-electron chi connectivity index (χ4n) is 1.99. The molecule has 0 aromatic heterocycles. The molecule has 15 heavy (non-hydrogen) atoms. The molecule has 1 aliphatic rings. The van der Waals surface area contributed by atoms with Crippen LogP contribution < -0.4 is 10.9 Å². The maximum Gasteiger partial charge on any atom is 0.123 e. The van der Waals surface area contributed by atoms with Crippen LogP contribution in [0.3, 0.4) is 0 Å². The van der Waals surface area contributed by atoms with Crippen molar-refractivity contribution in [2.24, 2.45) is 5.92 Å². The van der Waals surface area contributed by atoms with Gasteiger partial charge in [0, 0.05) is 18.6 Å². The molecule has 1 aromatic rings. The molecule has 0 radical (unpaired) electrons. The molecule has 3 N–H and O–H groups in total. The van der Waals surface area contributed by atoms with E-state index in [-0.39, 0.29) is 30.4 Å². The summed E-state index contributed by atoms with van der Waals surface area (Å²) in [5.74, 6) is -0.117. The second-order valence-electron chi connectivity index (χ2n) is 3.95. The minimum Gasteiger partial charge on any atom is -0.396 e. The number of aliphatic hydroxyl groups is 1. The topological polar surface area (TPSA) is 44.3 Å². The van der Waals surface area contributed by atoms with Crippen LogP contribution in [0, 0.1) is 11.7 Å². The van der Waals surface area contributed by atoms with E-state index in [9.17, 15) is 9.50 Å². The molecule has 1 aliphatic heterocycles. The van der Waals surface area contributed by atoms with Crippen molar-refractivity contribution in [3.63, 3.8) is 0 Å². The number of hydrogen-bond acceptors (Lipinski definition) is 3. The summed E-state index contributed by atoms with van der Waals surface area (Å²) in [6.07, 6.45) is 0. The van der Waals surface area contributed by atoms with Gasteiger partial charge in [-0.05, 0) is 24.6 Å². The standard InChI is InChI=1S/C11H15FN2O/c1-7-10(6-15)11(14-13-7)8-2-4-9(12)5-3-8/h2-5,7,10-11,13-15H,6H2,1H3. The summed E-state index contributed by atoms with van der Waals surface area (Å²) in [6, 6.07) is 6.63. The van der Waals surface area contributed by atoms with Gasteiger partial charge in [0.25, 0.3) is 0 Å². The zero-order valence-electron chi connectivity index (χ0n) is 8.57. The lowest BCUT2D eigenvalue weighted by molar-refractivity contribution is 0.204. The van der Waals surface area contributed by atoms with Gasteiger partial charge < -0.3 is 5.11 Å². The average molecular weight is 210 g/mol. The Morgan fingerprint density at radius 3 is 2.53 bits per heavy atom. The van der Waals surface area contributed by atoms with Crippen molar-refractivity contribution in [2.45, 2.75) is 19.0 Å². The number of hydrogen-bond donors (Lipinski definition) is 3. The summed E-state index contributed by atoms with van der Waals surface area (Å²) in [7, 11) is 0. The minimum atomic E-state index is -0.238. The Hall–Kier alpha value is -0.970. The molecule has 2 rings (SSSR count). The Balaban J connectivity index is 2.20. The minimum absolute atomic E-state index is 0.0469. The van der Waals surface area contributed by atoms with E-state index < -0.39 is 0 Å². The van der Waals surface area contributed by atoms with Gasteiger partial charge in [-0.25, -0.2) is 9.82 Å². The number of rotatable bonds is 2. The van der Waals surface area contributed by atoms with Crippen LogP contribution in [-0.4, -0.2) is 17.8 Å². The van der Waals surface area contributed by atoms with Crippen molar-refractivity contribution in [2.75, 3.05) is 6.61 Å². The van der Waals surface area contributed by atoms with E-state index in [2.05, 4.69) is 10.9 Å². The van der Waals surface area contributed by atoms with E-state index in [1.54, 1.807) is 12.1 Å². The molecule has 0 aliphatic carbocycles. The first-order chi connectivity index (χ1) is 7.22. The molecule has 0 spiro atoms. The Morgan fingerprint density at radius 2 is 1.93 bits per heavy atom. The normalized spacial score (nSPS) is 30.7. The van der Waals surface area contributed by atoms with E-state index in [0.717, 1.165) is 5.56 Å². The first-order valence-corrected chi connectivity index (χ1v) is 5.09. The first kappa shape index (κ1) is 10.5. The van der Waals surface area contributed by atoms with Gasteiger partial charge in [-0.15, -0.1) is 0 Å². The Kier molecular flexibility index (Phi) is 3.00. The fraction of sp³-hybridized carbons (Fsp3) is 0.455. The Bertz CT molecular complexity index is 328. The van der Waals surface area contributed by atoms with Crippen LogP contribution in [0.5, 0.6) is 0 Å². The second-order valence-corrected chi connectivity index (χ2v) is 3.95. The third-order valence-corrected chi connectivity index (χ3v) is 2.98. The summed E-state index contributed by atoms with van der Waals surface area (Å²) < 4.78 is 12.7. The summed E-state index contributed by atoms with van der Waals surface area (Å²) >= 11 is 0. The lowest BCUT2D eigenvalue weighted by atomic mass is 9.91. The van der Waals surface area contributed by atoms with Crippen LogP contribution in [0.1, 0.15) is 18.5 Å². The monoisotopic (exact) mass is 210 g/mol. The summed E-state index contributed by atoms with van der Waals surface area (Å²) in [6.45, 7) is 2.13. The molecule has 4 heteroatoms. The van der Waals surface area contributed by atoms with E-state index in [4.69, 9.17) is 0 Å². The van der Waals surface area contributed by atoms with Crippen LogP contribution in [0.2, 0.25) is 0 Å². The van der Waals surface area contributed by atoms with E-state index in [1.807, 2.05) is 6.92 Å². The summed E-state index contributed by atoms with van der Waals surface area (Å²) in [5, 5.41) is 9.27. The highest BCUT2D eigenvalue weighted by atomic mass is 19.1. The number of aliphatic hydroxyl groups excluding tert-OH is 1. The average Bonchev–Trinajstić information content (AvgIpc) is 2.61. The smallest absolute Gasteiger partial charge is 0.123 e. The molecule has 3 nitrogen and oxygen atoms in total. The van der Waals surface area contributed by atoms with Gasteiger partial charge in [-0.1, -0.05) is 12.1 Å². The van der Waals surface area contributed by atoms with E-state index in [0.29, 0.717) is 0 Å². The van der Waals surface area contributed by atoms with Crippen LogP contribution in [0.15, 0.2) is 24.3 Å². The Labute approximate surface area is 88.3 Å². The molecular weight excluding hydrogens is 195 g/mol. The first-order valence-electron chi connectivity index (χ1n) is 5.09. The highest BCUT2D eigenvalue weighted by Gasteiger charge is 2.33. The number of benzene rings is 1. The predicted molar refractivity (Wildman–Crippen MR) is 55.5 cm³/mol. The maximum absolute atomic E-state index is 12.7. The molecular formula is C11H15FN2O. The summed E-state index contributed by atoms with van der Waals surface area (Å²) in [4.78, 5) is 0. The molecule has 3 unspecified atom stereocenters.